The molecule has 0 amide bonds. The van der Waals surface area contributed by atoms with Crippen molar-refractivity contribution >= 4 is 11.3 Å². The lowest BCUT2D eigenvalue weighted by atomic mass is 10.2. The molecule has 3 nitrogen and oxygen atoms in total. The lowest BCUT2D eigenvalue weighted by Crippen LogP contribution is -2.30. The van der Waals surface area contributed by atoms with Crippen LogP contribution in [0.4, 0.5) is 0 Å². The Morgan fingerprint density at radius 3 is 2.93 bits per heavy atom. The molecule has 0 radical (unpaired) electrons. The van der Waals surface area contributed by atoms with Crippen LogP contribution >= 0.6 is 11.3 Å². The van der Waals surface area contributed by atoms with Crippen molar-refractivity contribution in [2.24, 2.45) is 0 Å². The molecule has 2 heterocycles. The molecule has 0 bridgehead atoms. The average molecular weight is 227 g/mol. The van der Waals surface area contributed by atoms with Gasteiger partial charge in [0.2, 0.25) is 0 Å². The quantitative estimate of drug-likeness (QED) is 0.836. The van der Waals surface area contributed by atoms with E-state index in [1.165, 1.54) is 4.88 Å². The molecule has 1 aliphatic rings. The van der Waals surface area contributed by atoms with Gasteiger partial charge in [0.25, 0.3) is 0 Å². The van der Waals surface area contributed by atoms with Gasteiger partial charge in [-0.15, -0.1) is 11.3 Å². The van der Waals surface area contributed by atoms with Crippen LogP contribution in [0.25, 0.3) is 0 Å². The van der Waals surface area contributed by atoms with Crippen LogP contribution in [-0.4, -0.2) is 26.0 Å². The molecule has 0 saturated carbocycles. The summed E-state index contributed by atoms with van der Waals surface area (Å²) in [6.45, 7) is 4.41. The number of thiophene rings is 1. The van der Waals surface area contributed by atoms with E-state index in [9.17, 15) is 0 Å². The van der Waals surface area contributed by atoms with Crippen molar-refractivity contribution in [2.75, 3.05) is 19.8 Å². The van der Waals surface area contributed by atoms with Crippen molar-refractivity contribution in [3.8, 4) is 0 Å². The molecule has 1 fully saturated rings. The first-order valence-electron chi connectivity index (χ1n) is 5.40. The van der Waals surface area contributed by atoms with Gasteiger partial charge in [-0.25, -0.2) is 0 Å². The first kappa shape index (κ1) is 11.1. The van der Waals surface area contributed by atoms with Gasteiger partial charge < -0.3 is 14.8 Å². The highest BCUT2D eigenvalue weighted by molar-refractivity contribution is 7.10. The average Bonchev–Trinajstić information content (AvgIpc) is 2.90. The van der Waals surface area contributed by atoms with Crippen LogP contribution in [0.3, 0.4) is 0 Å². The summed E-state index contributed by atoms with van der Waals surface area (Å²) in [5, 5.41) is 5.59. The van der Waals surface area contributed by atoms with E-state index in [2.05, 4.69) is 29.8 Å². The Morgan fingerprint density at radius 1 is 1.53 bits per heavy atom. The fourth-order valence-electron chi connectivity index (χ4n) is 1.70. The summed E-state index contributed by atoms with van der Waals surface area (Å²) in [4.78, 5) is 1.38. The summed E-state index contributed by atoms with van der Waals surface area (Å²) < 4.78 is 10.8. The van der Waals surface area contributed by atoms with Crippen LogP contribution in [-0.2, 0) is 9.47 Å². The summed E-state index contributed by atoms with van der Waals surface area (Å²) in [5.74, 6) is 0. The third-order valence-electron chi connectivity index (χ3n) is 2.52. The van der Waals surface area contributed by atoms with Crippen LogP contribution in [0.5, 0.6) is 0 Å². The fraction of sp³-hybridized carbons (Fsp3) is 0.636. The molecule has 1 atom stereocenters. The van der Waals surface area contributed by atoms with Gasteiger partial charge in [-0.1, -0.05) is 13.0 Å². The monoisotopic (exact) mass is 227 g/mol. The fourth-order valence-corrected chi connectivity index (χ4v) is 2.58. The van der Waals surface area contributed by atoms with E-state index < -0.39 is 0 Å². The molecule has 0 aromatic carbocycles. The maximum atomic E-state index is 5.38. The Kier molecular flexibility index (Phi) is 4.14. The SMILES string of the molecule is CCC(NCC1OCCO1)c1cccs1. The Bertz CT molecular complexity index is 270. The van der Waals surface area contributed by atoms with E-state index in [0.29, 0.717) is 6.04 Å². The predicted molar refractivity (Wildman–Crippen MR) is 61.0 cm³/mol. The number of nitrogens with one attached hydrogen (secondary N) is 1. The molecule has 1 unspecified atom stereocenters. The summed E-state index contributed by atoms with van der Waals surface area (Å²) in [7, 11) is 0. The number of ether oxygens (including phenoxy) is 2. The number of rotatable bonds is 5. The Balaban J connectivity index is 1.80. The van der Waals surface area contributed by atoms with Crippen LogP contribution in [0.15, 0.2) is 17.5 Å². The molecule has 0 spiro atoms. The molecule has 1 aliphatic heterocycles. The molecule has 84 valence electrons. The van der Waals surface area contributed by atoms with E-state index in [1.54, 1.807) is 11.3 Å². The Hall–Kier alpha value is -0.420. The second kappa shape index (κ2) is 5.61. The van der Waals surface area contributed by atoms with E-state index in [1.807, 2.05) is 0 Å². The maximum absolute atomic E-state index is 5.38. The van der Waals surface area contributed by atoms with E-state index in [4.69, 9.17) is 9.47 Å². The van der Waals surface area contributed by atoms with Crippen LogP contribution in [0.1, 0.15) is 24.3 Å². The molecule has 1 saturated heterocycles. The largest absolute Gasteiger partial charge is 0.349 e. The smallest absolute Gasteiger partial charge is 0.170 e. The lowest BCUT2D eigenvalue weighted by Gasteiger charge is -2.17. The highest BCUT2D eigenvalue weighted by Crippen LogP contribution is 2.21. The molecule has 4 heteroatoms. The van der Waals surface area contributed by atoms with Gasteiger partial charge in [-0.3, -0.25) is 0 Å². The zero-order valence-corrected chi connectivity index (χ0v) is 9.76. The van der Waals surface area contributed by atoms with Crippen molar-refractivity contribution in [2.45, 2.75) is 25.7 Å². The van der Waals surface area contributed by atoms with Crippen molar-refractivity contribution < 1.29 is 9.47 Å². The topological polar surface area (TPSA) is 30.5 Å². The standard InChI is InChI=1S/C11H17NO2S/c1-2-9(10-4-3-7-15-10)12-8-11-13-5-6-14-11/h3-4,7,9,11-12H,2,5-6,8H2,1H3. The first-order valence-corrected chi connectivity index (χ1v) is 6.28. The summed E-state index contributed by atoms with van der Waals surface area (Å²) in [5.41, 5.74) is 0. The molecule has 1 aromatic rings. The number of hydrogen-bond donors (Lipinski definition) is 1. The normalized spacial score (nSPS) is 19.5. The molecule has 1 N–H and O–H groups in total. The molecular weight excluding hydrogens is 210 g/mol. The van der Waals surface area contributed by atoms with E-state index in [-0.39, 0.29) is 6.29 Å². The number of hydrogen-bond acceptors (Lipinski definition) is 4. The van der Waals surface area contributed by atoms with Crippen molar-refractivity contribution in [1.29, 1.82) is 0 Å². The molecule has 1 aromatic heterocycles. The Morgan fingerprint density at radius 2 is 2.33 bits per heavy atom. The van der Waals surface area contributed by atoms with E-state index >= 15 is 0 Å². The first-order chi connectivity index (χ1) is 7.40. The minimum absolute atomic E-state index is 0.0565. The third kappa shape index (κ3) is 3.01. The predicted octanol–water partition coefficient (Wildman–Crippen LogP) is 2.16. The zero-order chi connectivity index (χ0) is 10.5. The third-order valence-corrected chi connectivity index (χ3v) is 3.50. The van der Waals surface area contributed by atoms with Gasteiger partial charge in [-0.05, 0) is 17.9 Å². The highest BCUT2D eigenvalue weighted by Gasteiger charge is 2.18. The summed E-state index contributed by atoms with van der Waals surface area (Å²) >= 11 is 1.79. The second-order valence-electron chi connectivity index (χ2n) is 3.56. The Labute approximate surface area is 94.4 Å². The van der Waals surface area contributed by atoms with Gasteiger partial charge in [0.05, 0.1) is 13.2 Å². The van der Waals surface area contributed by atoms with Gasteiger partial charge in [0.15, 0.2) is 6.29 Å². The highest BCUT2D eigenvalue weighted by atomic mass is 32.1. The summed E-state index contributed by atoms with van der Waals surface area (Å²) in [6.07, 6.45) is 1.03. The lowest BCUT2D eigenvalue weighted by molar-refractivity contribution is -0.0406. The van der Waals surface area contributed by atoms with E-state index in [0.717, 1.165) is 26.2 Å². The van der Waals surface area contributed by atoms with Gasteiger partial charge in [0, 0.05) is 17.5 Å². The second-order valence-corrected chi connectivity index (χ2v) is 4.53. The van der Waals surface area contributed by atoms with Crippen LogP contribution < -0.4 is 5.32 Å². The van der Waals surface area contributed by atoms with Gasteiger partial charge in [-0.2, -0.15) is 0 Å². The minimum atomic E-state index is -0.0565. The molecule has 0 aliphatic carbocycles. The van der Waals surface area contributed by atoms with Gasteiger partial charge >= 0.3 is 0 Å². The molecule has 15 heavy (non-hydrogen) atoms. The maximum Gasteiger partial charge on any atom is 0.170 e. The van der Waals surface area contributed by atoms with Crippen molar-refractivity contribution in [3.63, 3.8) is 0 Å². The molecule has 2 rings (SSSR count). The molecular formula is C11H17NO2S. The minimum Gasteiger partial charge on any atom is -0.349 e. The summed E-state index contributed by atoms with van der Waals surface area (Å²) in [6, 6.07) is 4.69. The van der Waals surface area contributed by atoms with Crippen LogP contribution in [0, 0.1) is 0 Å². The zero-order valence-electron chi connectivity index (χ0n) is 8.94. The van der Waals surface area contributed by atoms with Crippen LogP contribution in [0.2, 0.25) is 0 Å². The van der Waals surface area contributed by atoms with Crippen molar-refractivity contribution in [3.05, 3.63) is 22.4 Å². The van der Waals surface area contributed by atoms with Gasteiger partial charge in [0.1, 0.15) is 0 Å². The van der Waals surface area contributed by atoms with Crippen molar-refractivity contribution in [1.82, 2.24) is 5.32 Å².